The van der Waals surface area contributed by atoms with E-state index in [0.717, 1.165) is 15.7 Å². The molecule has 0 radical (unpaired) electrons. The fraction of sp³-hybridized carbons (Fsp3) is 0.323. The number of hydrogen-bond donors (Lipinski definition) is 5. The van der Waals surface area contributed by atoms with Crippen LogP contribution in [0.25, 0.3) is 10.8 Å². The van der Waals surface area contributed by atoms with E-state index < -0.39 is 42.4 Å². The smallest absolute Gasteiger partial charge is 0.417 e. The molecule has 0 aliphatic carbocycles. The summed E-state index contributed by atoms with van der Waals surface area (Å²) in [5, 5.41) is 7.15. The summed E-state index contributed by atoms with van der Waals surface area (Å²) in [6.07, 6.45) is -0.771. The summed E-state index contributed by atoms with van der Waals surface area (Å²) in [6, 6.07) is 19.7. The zero-order valence-corrected chi connectivity index (χ0v) is 24.4. The number of hydrogen-bond acceptors (Lipinski definition) is 7. The van der Waals surface area contributed by atoms with E-state index >= 15 is 0 Å². The fourth-order valence-corrected chi connectivity index (χ4v) is 4.22. The maximum atomic E-state index is 13.7. The van der Waals surface area contributed by atoms with Gasteiger partial charge in [-0.1, -0.05) is 74.5 Å². The molecular weight excluding hydrogens is 550 g/mol. The van der Waals surface area contributed by atoms with Crippen LogP contribution in [-0.4, -0.2) is 59.8 Å². The number of fused-ring (bicyclic) bond motifs is 1. The number of carbonyl (C=O) groups is 4. The van der Waals surface area contributed by atoms with Crippen molar-refractivity contribution in [3.63, 3.8) is 0 Å². The van der Waals surface area contributed by atoms with Gasteiger partial charge in [0.1, 0.15) is 12.6 Å². The number of rotatable bonds is 13. The molecule has 0 aliphatic heterocycles. The van der Waals surface area contributed by atoms with E-state index in [4.69, 9.17) is 21.9 Å². The Labute approximate surface area is 250 Å². The minimum atomic E-state index is -1.31. The van der Waals surface area contributed by atoms with Gasteiger partial charge in [0.2, 0.25) is 11.8 Å². The first kappa shape index (κ1) is 32.5. The van der Waals surface area contributed by atoms with Crippen LogP contribution in [-0.2, 0) is 25.7 Å². The van der Waals surface area contributed by atoms with Gasteiger partial charge in [0, 0.05) is 12.2 Å². The first-order valence-electron chi connectivity index (χ1n) is 14.0. The molecule has 3 aromatic carbocycles. The number of benzene rings is 3. The molecule has 0 heterocycles. The highest BCUT2D eigenvalue weighted by Gasteiger charge is 2.36. The van der Waals surface area contributed by atoms with Gasteiger partial charge in [-0.3, -0.25) is 19.4 Å². The highest BCUT2D eigenvalue weighted by atomic mass is 16.6. The molecule has 0 bridgehead atoms. The lowest BCUT2D eigenvalue weighted by atomic mass is 10.1. The van der Waals surface area contributed by atoms with Crippen molar-refractivity contribution in [1.29, 1.82) is 0 Å². The Kier molecular flexibility index (Phi) is 12.0. The lowest BCUT2D eigenvalue weighted by molar-refractivity contribution is -0.137. The second kappa shape index (κ2) is 15.9. The Hall–Kier alpha value is -4.97. The summed E-state index contributed by atoms with van der Waals surface area (Å²) in [5.74, 6) is -2.35. The lowest BCUT2D eigenvalue weighted by Crippen LogP contribution is -2.54. The van der Waals surface area contributed by atoms with Gasteiger partial charge in [-0.05, 0) is 47.2 Å². The largest absolute Gasteiger partial charge is 0.444 e. The highest BCUT2D eigenvalue weighted by molar-refractivity contribution is 6.04. The third-order valence-corrected chi connectivity index (χ3v) is 6.67. The molecule has 228 valence electrons. The number of carbonyl (C=O) groups excluding carboxylic acids is 4. The number of nitrogens with one attached hydrogen (secondary N) is 2. The number of ether oxygens (including phenoxy) is 1. The first-order chi connectivity index (χ1) is 20.6. The number of imide groups is 1. The molecule has 3 aromatic rings. The number of amides is 4. The Balaban J connectivity index is 1.89. The Morgan fingerprint density at radius 1 is 0.907 bits per heavy atom. The van der Waals surface area contributed by atoms with Crippen molar-refractivity contribution < 1.29 is 23.9 Å². The monoisotopic (exact) mass is 589 g/mol. The summed E-state index contributed by atoms with van der Waals surface area (Å²) in [6.45, 7) is 2.98. The predicted octanol–water partition coefficient (Wildman–Crippen LogP) is 2.47. The fourth-order valence-electron chi connectivity index (χ4n) is 4.22. The van der Waals surface area contributed by atoms with Gasteiger partial charge in [-0.2, -0.15) is 0 Å². The van der Waals surface area contributed by atoms with Crippen molar-refractivity contribution in [3.8, 4) is 0 Å². The standard InChI is InChI=1S/C31H39N7O5/c1-20(2)27(32)29(41)36-18-26(39)38(31(42)43-19-21-9-4-3-5-10-21)25(13-8-16-35-30(33)34)28(40)37-24-15-14-22-11-6-7-12-23(22)17-24/h3-7,9-12,14-15,17,20,25,27H,8,13,16,18-19,32H2,1-2H3,(H,36,41)(H,37,40)(H4,33,34,35)/t25-,27-/m0/s1. The van der Waals surface area contributed by atoms with Crippen molar-refractivity contribution in [3.05, 3.63) is 78.4 Å². The Morgan fingerprint density at radius 2 is 1.58 bits per heavy atom. The number of nitrogens with zero attached hydrogens (tertiary/aromatic N) is 2. The van der Waals surface area contributed by atoms with Crippen LogP contribution >= 0.6 is 0 Å². The second-order valence-electron chi connectivity index (χ2n) is 10.3. The molecule has 0 aliphatic rings. The number of guanidine groups is 1. The van der Waals surface area contributed by atoms with Gasteiger partial charge in [-0.15, -0.1) is 0 Å². The number of nitrogens with two attached hydrogens (primary N) is 3. The number of anilines is 1. The van der Waals surface area contributed by atoms with Crippen LogP contribution in [0.2, 0.25) is 0 Å². The molecule has 4 amide bonds. The number of aliphatic imine (C=N–C) groups is 1. The van der Waals surface area contributed by atoms with Crippen molar-refractivity contribution in [2.75, 3.05) is 18.4 Å². The maximum Gasteiger partial charge on any atom is 0.417 e. The van der Waals surface area contributed by atoms with Crippen molar-refractivity contribution >= 4 is 46.2 Å². The normalized spacial score (nSPS) is 12.2. The Morgan fingerprint density at radius 3 is 2.26 bits per heavy atom. The van der Waals surface area contributed by atoms with E-state index in [1.165, 1.54) is 0 Å². The van der Waals surface area contributed by atoms with Crippen molar-refractivity contribution in [1.82, 2.24) is 10.2 Å². The van der Waals surface area contributed by atoms with E-state index in [2.05, 4.69) is 15.6 Å². The molecule has 8 N–H and O–H groups in total. The van der Waals surface area contributed by atoms with Crippen LogP contribution < -0.4 is 27.8 Å². The minimum Gasteiger partial charge on any atom is -0.444 e. The van der Waals surface area contributed by atoms with Crippen LogP contribution in [0.1, 0.15) is 32.3 Å². The SMILES string of the molecule is CC(C)[C@H](N)C(=O)NCC(=O)N(C(=O)OCc1ccccc1)[C@@H](CCCN=C(N)N)C(=O)Nc1ccc2ccccc2c1. The maximum absolute atomic E-state index is 13.7. The molecule has 0 fully saturated rings. The van der Waals surface area contributed by atoms with Crippen molar-refractivity contribution in [2.24, 2.45) is 28.1 Å². The molecule has 0 saturated carbocycles. The van der Waals surface area contributed by atoms with E-state index in [9.17, 15) is 19.2 Å². The van der Waals surface area contributed by atoms with E-state index in [1.807, 2.05) is 36.4 Å². The van der Waals surface area contributed by atoms with E-state index in [1.54, 1.807) is 50.2 Å². The third kappa shape index (κ3) is 9.82. The highest BCUT2D eigenvalue weighted by Crippen LogP contribution is 2.21. The van der Waals surface area contributed by atoms with Crippen LogP contribution in [0.4, 0.5) is 10.5 Å². The molecule has 12 heteroatoms. The van der Waals surface area contributed by atoms with E-state index in [0.29, 0.717) is 11.3 Å². The van der Waals surface area contributed by atoms with Gasteiger partial charge in [0.05, 0.1) is 12.6 Å². The van der Waals surface area contributed by atoms with Gasteiger partial charge in [0.15, 0.2) is 5.96 Å². The molecule has 0 aromatic heterocycles. The Bertz CT molecular complexity index is 1440. The molecule has 12 nitrogen and oxygen atoms in total. The predicted molar refractivity (Wildman–Crippen MR) is 166 cm³/mol. The summed E-state index contributed by atoms with van der Waals surface area (Å²) in [5.41, 5.74) is 17.9. The lowest BCUT2D eigenvalue weighted by Gasteiger charge is -2.29. The minimum absolute atomic E-state index is 0.0157. The van der Waals surface area contributed by atoms with Crippen LogP contribution in [0.5, 0.6) is 0 Å². The van der Waals surface area contributed by atoms with Gasteiger partial charge in [0.25, 0.3) is 5.91 Å². The average Bonchev–Trinajstić information content (AvgIpc) is 2.99. The van der Waals surface area contributed by atoms with E-state index in [-0.39, 0.29) is 37.9 Å². The molecule has 0 unspecified atom stereocenters. The van der Waals surface area contributed by atoms with Crippen molar-refractivity contribution in [2.45, 2.75) is 45.4 Å². The third-order valence-electron chi connectivity index (χ3n) is 6.67. The summed E-state index contributed by atoms with van der Waals surface area (Å²) >= 11 is 0. The second-order valence-corrected chi connectivity index (χ2v) is 10.3. The van der Waals surface area contributed by atoms with Gasteiger partial charge >= 0.3 is 6.09 Å². The van der Waals surface area contributed by atoms with Gasteiger partial charge < -0.3 is 32.6 Å². The summed E-state index contributed by atoms with van der Waals surface area (Å²) in [4.78, 5) is 57.9. The summed E-state index contributed by atoms with van der Waals surface area (Å²) in [7, 11) is 0. The molecule has 2 atom stereocenters. The quantitative estimate of drug-likeness (QED) is 0.114. The molecule has 3 rings (SSSR count). The van der Waals surface area contributed by atoms with Gasteiger partial charge in [-0.25, -0.2) is 9.69 Å². The molecule has 0 spiro atoms. The molecule has 0 saturated heterocycles. The zero-order chi connectivity index (χ0) is 31.4. The molecule has 43 heavy (non-hydrogen) atoms. The topological polar surface area (TPSA) is 195 Å². The summed E-state index contributed by atoms with van der Waals surface area (Å²) < 4.78 is 5.47. The average molecular weight is 590 g/mol. The van der Waals surface area contributed by atoms with Crippen LogP contribution in [0.3, 0.4) is 0 Å². The molecular formula is C31H39N7O5. The zero-order valence-electron chi connectivity index (χ0n) is 24.4. The first-order valence-corrected chi connectivity index (χ1v) is 14.0. The van der Waals surface area contributed by atoms with Crippen LogP contribution in [0, 0.1) is 5.92 Å². The van der Waals surface area contributed by atoms with Crippen LogP contribution in [0.15, 0.2) is 77.8 Å².